The van der Waals surface area contributed by atoms with Crippen molar-refractivity contribution in [3.05, 3.63) is 51.7 Å². The van der Waals surface area contributed by atoms with Crippen molar-refractivity contribution >= 4 is 22.8 Å². The highest BCUT2D eigenvalue weighted by molar-refractivity contribution is 5.96. The summed E-state index contributed by atoms with van der Waals surface area (Å²) < 4.78 is 17.5. The van der Waals surface area contributed by atoms with E-state index in [-0.39, 0.29) is 24.7 Å². The Labute approximate surface area is 148 Å². The highest BCUT2D eigenvalue weighted by Crippen LogP contribution is 2.31. The molecule has 2 heterocycles. The minimum atomic E-state index is -0.593. The Morgan fingerprint density at radius 1 is 1.42 bits per heavy atom. The van der Waals surface area contributed by atoms with Crippen molar-refractivity contribution in [2.75, 3.05) is 13.7 Å². The fraction of sp³-hybridized carbons (Fsp3) is 0.294. The van der Waals surface area contributed by atoms with Crippen LogP contribution in [-0.2, 0) is 11.3 Å². The van der Waals surface area contributed by atoms with Gasteiger partial charge in [0, 0.05) is 23.9 Å². The lowest BCUT2D eigenvalue weighted by molar-refractivity contribution is -0.389. The minimum Gasteiger partial charge on any atom is -0.497 e. The number of nitro groups is 1. The third kappa shape index (κ3) is 3.10. The van der Waals surface area contributed by atoms with Crippen LogP contribution in [0.25, 0.3) is 11.0 Å². The van der Waals surface area contributed by atoms with E-state index in [0.29, 0.717) is 28.1 Å². The number of ether oxygens (including phenoxy) is 2. The zero-order valence-electron chi connectivity index (χ0n) is 14.5. The second-order valence-electron chi connectivity index (χ2n) is 5.52. The smallest absolute Gasteiger partial charge is 0.381 e. The molecule has 0 bridgehead atoms. The summed E-state index contributed by atoms with van der Waals surface area (Å²) in [5.74, 6) is 0.252. The van der Waals surface area contributed by atoms with Crippen LogP contribution in [0.5, 0.6) is 5.75 Å². The summed E-state index contributed by atoms with van der Waals surface area (Å²) in [6.45, 7) is 3.74. The van der Waals surface area contributed by atoms with Crippen molar-refractivity contribution in [2.45, 2.75) is 20.4 Å². The quantitative estimate of drug-likeness (QED) is 0.378. The first-order chi connectivity index (χ1) is 12.4. The number of carbonyl (C=O) groups is 1. The highest BCUT2D eigenvalue weighted by Gasteiger charge is 2.24. The maximum absolute atomic E-state index is 12.3. The lowest BCUT2D eigenvalue weighted by Crippen LogP contribution is -2.09. The summed E-state index contributed by atoms with van der Waals surface area (Å²) in [6, 6.07) is 5.20. The minimum absolute atomic E-state index is 0.0610. The van der Waals surface area contributed by atoms with Crippen LogP contribution in [0, 0.1) is 17.0 Å². The summed E-state index contributed by atoms with van der Waals surface area (Å²) >= 11 is 0. The predicted octanol–water partition coefficient (Wildman–Crippen LogP) is 3.08. The van der Waals surface area contributed by atoms with E-state index in [1.54, 1.807) is 36.6 Å². The van der Waals surface area contributed by atoms with Crippen LogP contribution in [-0.4, -0.2) is 34.2 Å². The molecule has 26 heavy (non-hydrogen) atoms. The summed E-state index contributed by atoms with van der Waals surface area (Å²) in [7, 11) is 1.53. The number of carbonyl (C=O) groups excluding carboxylic acids is 1. The Morgan fingerprint density at radius 3 is 2.81 bits per heavy atom. The van der Waals surface area contributed by atoms with E-state index in [4.69, 9.17) is 13.9 Å². The maximum atomic E-state index is 12.3. The summed E-state index contributed by atoms with van der Waals surface area (Å²) in [5, 5.41) is 11.6. The third-order valence-corrected chi connectivity index (χ3v) is 3.94. The molecule has 0 amide bonds. The number of hydrogen-bond acceptors (Lipinski definition) is 7. The number of esters is 1. The van der Waals surface area contributed by atoms with Crippen molar-refractivity contribution in [3.8, 4) is 5.75 Å². The normalized spacial score (nSPS) is 10.9. The number of furan rings is 1. The average Bonchev–Trinajstić information content (AvgIpc) is 3.16. The average molecular weight is 359 g/mol. The second-order valence-corrected chi connectivity index (χ2v) is 5.52. The van der Waals surface area contributed by atoms with Crippen LogP contribution in [0.1, 0.15) is 28.9 Å². The molecular weight excluding hydrogens is 342 g/mol. The number of hydrogen-bond donors (Lipinski definition) is 0. The van der Waals surface area contributed by atoms with Crippen molar-refractivity contribution in [1.82, 2.24) is 9.55 Å². The number of methoxy groups -OCH3 is 1. The molecule has 0 saturated heterocycles. The zero-order chi connectivity index (χ0) is 18.8. The summed E-state index contributed by atoms with van der Waals surface area (Å²) in [4.78, 5) is 26.6. The van der Waals surface area contributed by atoms with Gasteiger partial charge in [-0.3, -0.25) is 0 Å². The molecule has 1 aromatic carbocycles. The number of aryl methyl sites for hydroxylation is 1. The number of benzene rings is 1. The molecule has 136 valence electrons. The summed E-state index contributed by atoms with van der Waals surface area (Å²) in [5.41, 5.74) is 1.03. The lowest BCUT2D eigenvalue weighted by Gasteiger charge is -2.04. The Bertz CT molecular complexity index is 988. The van der Waals surface area contributed by atoms with E-state index in [1.807, 2.05) is 0 Å². The third-order valence-electron chi connectivity index (χ3n) is 3.94. The Morgan fingerprint density at radius 2 is 2.19 bits per heavy atom. The molecule has 3 rings (SSSR count). The van der Waals surface area contributed by atoms with Gasteiger partial charge in [-0.15, -0.1) is 0 Å². The molecule has 3 aromatic rings. The molecule has 0 N–H and O–H groups in total. The molecule has 2 aromatic heterocycles. The highest BCUT2D eigenvalue weighted by atomic mass is 16.6. The van der Waals surface area contributed by atoms with Crippen LogP contribution in [0.3, 0.4) is 0 Å². The first-order valence-electron chi connectivity index (χ1n) is 7.89. The van der Waals surface area contributed by atoms with E-state index < -0.39 is 10.9 Å². The molecular formula is C17H17N3O6. The van der Waals surface area contributed by atoms with Gasteiger partial charge in [0.15, 0.2) is 0 Å². The van der Waals surface area contributed by atoms with Gasteiger partial charge in [-0.05, 0) is 29.0 Å². The molecule has 0 atom stereocenters. The van der Waals surface area contributed by atoms with Crippen LogP contribution >= 0.6 is 0 Å². The number of rotatable bonds is 6. The van der Waals surface area contributed by atoms with Gasteiger partial charge in [0.25, 0.3) is 0 Å². The van der Waals surface area contributed by atoms with Gasteiger partial charge in [0.05, 0.1) is 20.3 Å². The molecule has 0 radical (unpaired) electrons. The SMILES string of the molecule is CCOC(=O)c1oc2cc(OC)ccc2c1Cn1cc([N+](=O)[O-])nc1C. The fourth-order valence-electron chi connectivity index (χ4n) is 2.69. The van der Waals surface area contributed by atoms with Crippen LogP contribution < -0.4 is 4.74 Å². The largest absolute Gasteiger partial charge is 0.497 e. The van der Waals surface area contributed by atoms with E-state index >= 15 is 0 Å². The monoisotopic (exact) mass is 359 g/mol. The van der Waals surface area contributed by atoms with Gasteiger partial charge in [-0.1, -0.05) is 0 Å². The van der Waals surface area contributed by atoms with Gasteiger partial charge in [0.1, 0.15) is 17.5 Å². The second kappa shape index (κ2) is 6.87. The molecule has 0 unspecified atom stereocenters. The predicted molar refractivity (Wildman–Crippen MR) is 91.4 cm³/mol. The van der Waals surface area contributed by atoms with E-state index in [1.165, 1.54) is 13.3 Å². The first-order valence-corrected chi connectivity index (χ1v) is 7.89. The molecule has 0 fully saturated rings. The van der Waals surface area contributed by atoms with Gasteiger partial charge < -0.3 is 28.6 Å². The Balaban J connectivity index is 2.11. The first kappa shape index (κ1) is 17.5. The van der Waals surface area contributed by atoms with E-state index in [0.717, 1.165) is 0 Å². The Kier molecular flexibility index (Phi) is 4.61. The molecule has 0 aliphatic heterocycles. The molecule has 9 heteroatoms. The summed E-state index contributed by atoms with van der Waals surface area (Å²) in [6.07, 6.45) is 1.33. The van der Waals surface area contributed by atoms with E-state index in [2.05, 4.69) is 4.98 Å². The molecule has 0 spiro atoms. The molecule has 0 aliphatic rings. The number of nitrogens with zero attached hydrogens (tertiary/aromatic N) is 3. The zero-order valence-corrected chi connectivity index (χ0v) is 14.5. The van der Waals surface area contributed by atoms with E-state index in [9.17, 15) is 14.9 Å². The van der Waals surface area contributed by atoms with Crippen LogP contribution in [0.2, 0.25) is 0 Å². The Hall–Kier alpha value is -3.36. The van der Waals surface area contributed by atoms with Crippen LogP contribution in [0.4, 0.5) is 5.82 Å². The topological polar surface area (TPSA) is 110 Å². The number of fused-ring (bicyclic) bond motifs is 1. The van der Waals surface area contributed by atoms with Crippen molar-refractivity contribution in [3.63, 3.8) is 0 Å². The fourth-order valence-corrected chi connectivity index (χ4v) is 2.69. The van der Waals surface area contributed by atoms with Crippen molar-refractivity contribution in [2.24, 2.45) is 0 Å². The van der Waals surface area contributed by atoms with Gasteiger partial charge in [0.2, 0.25) is 11.6 Å². The number of aromatic nitrogens is 2. The van der Waals surface area contributed by atoms with Gasteiger partial charge >= 0.3 is 11.8 Å². The maximum Gasteiger partial charge on any atom is 0.381 e. The van der Waals surface area contributed by atoms with Crippen molar-refractivity contribution < 1.29 is 23.6 Å². The van der Waals surface area contributed by atoms with Crippen molar-refractivity contribution in [1.29, 1.82) is 0 Å². The standard InChI is InChI=1S/C17H17N3O6/c1-4-25-17(21)16-13(8-19-9-15(20(22)23)18-10(19)2)12-6-5-11(24-3)7-14(12)26-16/h5-7,9H,4,8H2,1-3H3. The van der Waals surface area contributed by atoms with Crippen LogP contribution in [0.15, 0.2) is 28.8 Å². The number of imidazole rings is 1. The molecule has 9 nitrogen and oxygen atoms in total. The lowest BCUT2D eigenvalue weighted by atomic mass is 10.1. The molecule has 0 saturated carbocycles. The molecule has 0 aliphatic carbocycles. The van der Waals surface area contributed by atoms with Gasteiger partial charge in [-0.25, -0.2) is 4.79 Å². The van der Waals surface area contributed by atoms with Gasteiger partial charge in [-0.2, -0.15) is 0 Å².